The van der Waals surface area contributed by atoms with Crippen LogP contribution in [0.2, 0.25) is 0 Å². The molecular formula is C12H18O3. The SMILES string of the molecule is COc1cccc(CC(C)(C)O)c1OC. The maximum atomic E-state index is 9.76. The number of aliphatic hydroxyl groups is 1. The number of para-hydroxylation sites is 1. The summed E-state index contributed by atoms with van der Waals surface area (Å²) in [6, 6.07) is 5.66. The molecule has 1 aromatic carbocycles. The third kappa shape index (κ3) is 3.13. The van der Waals surface area contributed by atoms with E-state index in [0.717, 1.165) is 5.56 Å². The zero-order valence-corrected chi connectivity index (χ0v) is 9.70. The smallest absolute Gasteiger partial charge is 0.163 e. The van der Waals surface area contributed by atoms with Gasteiger partial charge in [0.05, 0.1) is 19.8 Å². The van der Waals surface area contributed by atoms with Crippen molar-refractivity contribution in [3.63, 3.8) is 0 Å². The first-order valence-corrected chi connectivity index (χ1v) is 4.90. The number of benzene rings is 1. The molecule has 1 rings (SSSR count). The van der Waals surface area contributed by atoms with E-state index >= 15 is 0 Å². The van der Waals surface area contributed by atoms with Gasteiger partial charge in [-0.2, -0.15) is 0 Å². The molecule has 0 spiro atoms. The monoisotopic (exact) mass is 210 g/mol. The molecule has 0 heterocycles. The summed E-state index contributed by atoms with van der Waals surface area (Å²) in [5.74, 6) is 1.39. The fourth-order valence-electron chi connectivity index (χ4n) is 1.56. The Labute approximate surface area is 90.6 Å². The Morgan fingerprint density at radius 2 is 1.87 bits per heavy atom. The van der Waals surface area contributed by atoms with E-state index in [4.69, 9.17) is 9.47 Å². The highest BCUT2D eigenvalue weighted by Crippen LogP contribution is 2.32. The number of hydrogen-bond acceptors (Lipinski definition) is 3. The van der Waals surface area contributed by atoms with E-state index < -0.39 is 5.60 Å². The number of rotatable bonds is 4. The average molecular weight is 210 g/mol. The van der Waals surface area contributed by atoms with Crippen LogP contribution < -0.4 is 9.47 Å². The van der Waals surface area contributed by atoms with Gasteiger partial charge in [-0.05, 0) is 19.9 Å². The molecule has 84 valence electrons. The van der Waals surface area contributed by atoms with Crippen molar-refractivity contribution in [2.75, 3.05) is 14.2 Å². The van der Waals surface area contributed by atoms with Gasteiger partial charge in [-0.25, -0.2) is 0 Å². The average Bonchev–Trinajstić information content (AvgIpc) is 2.15. The molecule has 0 aliphatic heterocycles. The topological polar surface area (TPSA) is 38.7 Å². The number of ether oxygens (including phenoxy) is 2. The first kappa shape index (κ1) is 11.9. The first-order chi connectivity index (χ1) is 6.98. The molecular weight excluding hydrogens is 192 g/mol. The molecule has 3 nitrogen and oxygen atoms in total. The maximum absolute atomic E-state index is 9.76. The van der Waals surface area contributed by atoms with Gasteiger partial charge in [0.1, 0.15) is 0 Å². The summed E-state index contributed by atoms with van der Waals surface area (Å²) in [5.41, 5.74) is 0.198. The molecule has 0 bridgehead atoms. The molecule has 3 heteroatoms. The van der Waals surface area contributed by atoms with Gasteiger partial charge in [0.2, 0.25) is 0 Å². The zero-order valence-electron chi connectivity index (χ0n) is 9.70. The van der Waals surface area contributed by atoms with Crippen LogP contribution in [0.3, 0.4) is 0 Å². The fourth-order valence-corrected chi connectivity index (χ4v) is 1.56. The first-order valence-electron chi connectivity index (χ1n) is 4.90. The Hall–Kier alpha value is -1.22. The Bertz CT molecular complexity index is 326. The van der Waals surface area contributed by atoms with E-state index in [2.05, 4.69) is 0 Å². The fraction of sp³-hybridized carbons (Fsp3) is 0.500. The van der Waals surface area contributed by atoms with Crippen molar-refractivity contribution in [3.05, 3.63) is 23.8 Å². The predicted octanol–water partition coefficient (Wildman–Crippen LogP) is 2.02. The predicted molar refractivity (Wildman–Crippen MR) is 59.5 cm³/mol. The van der Waals surface area contributed by atoms with Crippen molar-refractivity contribution in [2.24, 2.45) is 0 Å². The van der Waals surface area contributed by atoms with Gasteiger partial charge in [0.25, 0.3) is 0 Å². The van der Waals surface area contributed by atoms with Gasteiger partial charge in [-0.3, -0.25) is 0 Å². The quantitative estimate of drug-likeness (QED) is 0.826. The summed E-state index contributed by atoms with van der Waals surface area (Å²) in [5, 5.41) is 9.76. The molecule has 1 aromatic rings. The molecule has 0 saturated carbocycles. The lowest BCUT2D eigenvalue weighted by Crippen LogP contribution is -2.22. The van der Waals surface area contributed by atoms with E-state index in [1.165, 1.54) is 0 Å². The molecule has 0 radical (unpaired) electrons. The van der Waals surface area contributed by atoms with Crippen molar-refractivity contribution >= 4 is 0 Å². The van der Waals surface area contributed by atoms with Gasteiger partial charge in [-0.1, -0.05) is 12.1 Å². The van der Waals surface area contributed by atoms with Crippen molar-refractivity contribution < 1.29 is 14.6 Å². The van der Waals surface area contributed by atoms with E-state index in [1.54, 1.807) is 28.1 Å². The minimum atomic E-state index is -0.750. The Morgan fingerprint density at radius 3 is 2.33 bits per heavy atom. The van der Waals surface area contributed by atoms with E-state index in [9.17, 15) is 5.11 Å². The second-order valence-corrected chi connectivity index (χ2v) is 4.14. The van der Waals surface area contributed by atoms with Gasteiger partial charge in [0, 0.05) is 12.0 Å². The molecule has 0 amide bonds. The van der Waals surface area contributed by atoms with E-state index in [-0.39, 0.29) is 0 Å². The van der Waals surface area contributed by atoms with Gasteiger partial charge >= 0.3 is 0 Å². The summed E-state index contributed by atoms with van der Waals surface area (Å²) >= 11 is 0. The number of hydrogen-bond donors (Lipinski definition) is 1. The van der Waals surface area contributed by atoms with Gasteiger partial charge < -0.3 is 14.6 Å². The summed E-state index contributed by atoms with van der Waals surface area (Å²) in [6.07, 6.45) is 0.535. The second-order valence-electron chi connectivity index (χ2n) is 4.14. The van der Waals surface area contributed by atoms with Crippen LogP contribution >= 0.6 is 0 Å². The standard InChI is InChI=1S/C12H18O3/c1-12(2,13)8-9-6-5-7-10(14-3)11(9)15-4/h5-7,13H,8H2,1-4H3. The molecule has 0 saturated heterocycles. The minimum absolute atomic E-state index is 0.535. The molecule has 15 heavy (non-hydrogen) atoms. The highest BCUT2D eigenvalue weighted by molar-refractivity contribution is 5.47. The lowest BCUT2D eigenvalue weighted by molar-refractivity contribution is 0.0802. The molecule has 0 aliphatic rings. The van der Waals surface area contributed by atoms with Crippen LogP contribution in [0.4, 0.5) is 0 Å². The lowest BCUT2D eigenvalue weighted by atomic mass is 9.98. The second kappa shape index (κ2) is 4.53. The summed E-state index contributed by atoms with van der Waals surface area (Å²) in [6.45, 7) is 3.54. The summed E-state index contributed by atoms with van der Waals surface area (Å²) < 4.78 is 10.5. The van der Waals surface area contributed by atoms with Crippen LogP contribution in [0.5, 0.6) is 11.5 Å². The van der Waals surface area contributed by atoms with E-state index in [1.807, 2.05) is 18.2 Å². The van der Waals surface area contributed by atoms with Crippen LogP contribution in [-0.4, -0.2) is 24.9 Å². The molecule has 1 N–H and O–H groups in total. The molecule has 0 atom stereocenters. The Balaban J connectivity index is 3.06. The Morgan fingerprint density at radius 1 is 1.20 bits per heavy atom. The molecule has 0 aromatic heterocycles. The van der Waals surface area contributed by atoms with E-state index in [0.29, 0.717) is 17.9 Å². The lowest BCUT2D eigenvalue weighted by Gasteiger charge is -2.19. The third-order valence-corrected chi connectivity index (χ3v) is 2.11. The van der Waals surface area contributed by atoms with Crippen molar-refractivity contribution in [2.45, 2.75) is 25.9 Å². The van der Waals surface area contributed by atoms with Crippen molar-refractivity contribution in [3.8, 4) is 11.5 Å². The van der Waals surface area contributed by atoms with Crippen LogP contribution in [0, 0.1) is 0 Å². The largest absolute Gasteiger partial charge is 0.493 e. The Kier molecular flexibility index (Phi) is 3.58. The normalized spacial score (nSPS) is 11.3. The maximum Gasteiger partial charge on any atom is 0.163 e. The molecule has 0 aliphatic carbocycles. The third-order valence-electron chi connectivity index (χ3n) is 2.11. The highest BCUT2D eigenvalue weighted by atomic mass is 16.5. The van der Waals surface area contributed by atoms with Crippen LogP contribution in [-0.2, 0) is 6.42 Å². The summed E-state index contributed by atoms with van der Waals surface area (Å²) in [7, 11) is 3.21. The minimum Gasteiger partial charge on any atom is -0.493 e. The van der Waals surface area contributed by atoms with Crippen LogP contribution in [0.15, 0.2) is 18.2 Å². The highest BCUT2D eigenvalue weighted by Gasteiger charge is 2.18. The van der Waals surface area contributed by atoms with Gasteiger partial charge in [0.15, 0.2) is 11.5 Å². The summed E-state index contributed by atoms with van der Waals surface area (Å²) in [4.78, 5) is 0. The molecule has 0 fully saturated rings. The van der Waals surface area contributed by atoms with Crippen molar-refractivity contribution in [1.82, 2.24) is 0 Å². The van der Waals surface area contributed by atoms with Crippen LogP contribution in [0.1, 0.15) is 19.4 Å². The molecule has 0 unspecified atom stereocenters. The zero-order chi connectivity index (χ0) is 11.5. The van der Waals surface area contributed by atoms with Gasteiger partial charge in [-0.15, -0.1) is 0 Å². The van der Waals surface area contributed by atoms with Crippen molar-refractivity contribution in [1.29, 1.82) is 0 Å². The number of methoxy groups -OCH3 is 2. The van der Waals surface area contributed by atoms with Crippen LogP contribution in [0.25, 0.3) is 0 Å².